The van der Waals surface area contributed by atoms with E-state index in [4.69, 9.17) is 4.74 Å². The van der Waals surface area contributed by atoms with Gasteiger partial charge in [0, 0.05) is 11.5 Å². The molecule has 0 fully saturated rings. The monoisotopic (exact) mass is 419 g/mol. The first-order chi connectivity index (χ1) is 15.0. The highest BCUT2D eigenvalue weighted by molar-refractivity contribution is 5.83. The fraction of sp³-hybridized carbons (Fsp3) is 0.261. The Morgan fingerprint density at radius 3 is 2.84 bits per heavy atom. The van der Waals surface area contributed by atoms with Crippen LogP contribution < -0.4 is 4.74 Å². The molecule has 31 heavy (non-hydrogen) atoms. The fourth-order valence-electron chi connectivity index (χ4n) is 4.16. The van der Waals surface area contributed by atoms with Crippen molar-refractivity contribution in [2.75, 3.05) is 0 Å². The number of nitrogens with zero attached hydrogens (tertiary/aromatic N) is 5. The summed E-state index contributed by atoms with van der Waals surface area (Å²) < 4.78 is 34.4. The highest BCUT2D eigenvalue weighted by atomic mass is 19.3. The van der Waals surface area contributed by atoms with Crippen molar-refractivity contribution < 1.29 is 13.5 Å². The number of hydrogen-bond acceptors (Lipinski definition) is 4. The number of rotatable bonds is 4. The van der Waals surface area contributed by atoms with Crippen LogP contribution in [-0.4, -0.2) is 19.6 Å². The minimum absolute atomic E-state index is 0.106. The lowest BCUT2D eigenvalue weighted by molar-refractivity contribution is 0.0566. The summed E-state index contributed by atoms with van der Waals surface area (Å²) in [7, 11) is 0. The molecule has 1 atom stereocenters. The topological polar surface area (TPSA) is 68.7 Å². The van der Waals surface area contributed by atoms with Crippen LogP contribution in [0.15, 0.2) is 48.9 Å². The maximum Gasteiger partial charge on any atom is 0.333 e. The molecule has 0 bridgehead atoms. The van der Waals surface area contributed by atoms with Gasteiger partial charge in [-0.1, -0.05) is 6.07 Å². The van der Waals surface area contributed by atoms with Crippen LogP contribution in [-0.2, 0) is 6.42 Å². The zero-order valence-corrected chi connectivity index (χ0v) is 16.8. The van der Waals surface area contributed by atoms with E-state index in [1.54, 1.807) is 10.9 Å². The first kappa shape index (κ1) is 19.2. The average molecular weight is 419 g/mol. The second-order valence-corrected chi connectivity index (χ2v) is 7.71. The van der Waals surface area contributed by atoms with Crippen molar-refractivity contribution in [2.45, 2.75) is 38.8 Å². The van der Waals surface area contributed by atoms with E-state index in [1.807, 2.05) is 37.3 Å². The van der Waals surface area contributed by atoms with Crippen LogP contribution in [0.25, 0.3) is 16.6 Å². The lowest BCUT2D eigenvalue weighted by Gasteiger charge is -2.27. The molecular weight excluding hydrogens is 400 g/mol. The van der Waals surface area contributed by atoms with Crippen LogP contribution in [0.5, 0.6) is 5.75 Å². The van der Waals surface area contributed by atoms with Crippen LogP contribution in [0.4, 0.5) is 8.78 Å². The number of alkyl halides is 2. The molecule has 0 amide bonds. The minimum atomic E-state index is -2.70. The highest BCUT2D eigenvalue weighted by Gasteiger charge is 2.23. The van der Waals surface area contributed by atoms with Gasteiger partial charge < -0.3 is 4.74 Å². The van der Waals surface area contributed by atoms with Gasteiger partial charge in [0.2, 0.25) is 0 Å². The van der Waals surface area contributed by atoms with Gasteiger partial charge in [-0.25, -0.2) is 9.36 Å². The number of aryl methyl sites for hydroxylation is 2. The Bertz CT molecular complexity index is 1320. The highest BCUT2D eigenvalue weighted by Crippen LogP contribution is 2.36. The molecule has 1 aliphatic carbocycles. The summed E-state index contributed by atoms with van der Waals surface area (Å²) >= 11 is 0. The molecule has 0 saturated heterocycles. The van der Waals surface area contributed by atoms with E-state index in [0.29, 0.717) is 15.9 Å². The standard InChI is InChI=1S/C23H19F2N5O/c1-14-7-17-11-28-30(18-12-27-29(13-18)23(24)25)20(17)9-22(14)31-21-4-2-3-16-8-15(10-26)5-6-19(16)21/h5-9,11-13,21,23H,2-4H2,1H3/t21-/m0/s1. The summed E-state index contributed by atoms with van der Waals surface area (Å²) in [5.41, 5.74) is 5.10. The van der Waals surface area contributed by atoms with Crippen molar-refractivity contribution in [3.63, 3.8) is 0 Å². The number of ether oxygens (including phenoxy) is 1. The Kier molecular flexibility index (Phi) is 4.66. The van der Waals surface area contributed by atoms with Crippen LogP contribution in [0, 0.1) is 18.3 Å². The fourth-order valence-corrected chi connectivity index (χ4v) is 4.16. The predicted octanol–water partition coefficient (Wildman–Crippen LogP) is 5.25. The van der Waals surface area contributed by atoms with E-state index in [1.165, 1.54) is 12.4 Å². The van der Waals surface area contributed by atoms with Gasteiger partial charge in [0.25, 0.3) is 0 Å². The van der Waals surface area contributed by atoms with Crippen LogP contribution >= 0.6 is 0 Å². The SMILES string of the molecule is Cc1cc2cnn(-c3cnn(C(F)F)c3)c2cc1O[C@H]1CCCc2cc(C#N)ccc21. The molecule has 0 saturated carbocycles. The van der Waals surface area contributed by atoms with E-state index >= 15 is 0 Å². The molecule has 0 unspecified atom stereocenters. The van der Waals surface area contributed by atoms with E-state index < -0.39 is 6.55 Å². The number of halogens is 2. The second-order valence-electron chi connectivity index (χ2n) is 7.71. The number of nitriles is 1. The van der Waals surface area contributed by atoms with Gasteiger partial charge in [0.15, 0.2) is 0 Å². The molecule has 2 heterocycles. The molecule has 0 N–H and O–H groups in total. The Labute approximate surface area is 177 Å². The Morgan fingerprint density at radius 1 is 1.19 bits per heavy atom. The molecular formula is C23H19F2N5O. The van der Waals surface area contributed by atoms with Crippen LogP contribution in [0.1, 0.15) is 47.7 Å². The summed E-state index contributed by atoms with van der Waals surface area (Å²) in [4.78, 5) is 0. The van der Waals surface area contributed by atoms with Crippen LogP contribution in [0.2, 0.25) is 0 Å². The van der Waals surface area contributed by atoms with E-state index in [2.05, 4.69) is 16.3 Å². The first-order valence-corrected chi connectivity index (χ1v) is 10.0. The molecule has 6 nitrogen and oxygen atoms in total. The first-order valence-electron chi connectivity index (χ1n) is 10.0. The molecule has 0 spiro atoms. The molecule has 1 aliphatic rings. The number of benzene rings is 2. The summed E-state index contributed by atoms with van der Waals surface area (Å²) in [5.74, 6) is 0.720. The van der Waals surface area contributed by atoms with Crippen molar-refractivity contribution >= 4 is 10.9 Å². The van der Waals surface area contributed by atoms with Gasteiger partial charge in [0.1, 0.15) is 17.5 Å². The largest absolute Gasteiger partial charge is 0.485 e. The van der Waals surface area contributed by atoms with E-state index in [0.717, 1.165) is 52.6 Å². The lowest BCUT2D eigenvalue weighted by Crippen LogP contribution is -2.16. The third-order valence-corrected chi connectivity index (χ3v) is 5.70. The zero-order valence-electron chi connectivity index (χ0n) is 16.8. The Hall–Kier alpha value is -3.73. The molecule has 0 aliphatic heterocycles. The normalized spacial score (nSPS) is 15.8. The molecule has 5 rings (SSSR count). The van der Waals surface area contributed by atoms with Crippen molar-refractivity contribution in [3.8, 4) is 17.5 Å². The van der Waals surface area contributed by atoms with Gasteiger partial charge in [-0.05, 0) is 61.1 Å². The number of aromatic nitrogens is 4. The van der Waals surface area contributed by atoms with Gasteiger partial charge >= 0.3 is 6.55 Å². The van der Waals surface area contributed by atoms with E-state index in [-0.39, 0.29) is 6.10 Å². The summed E-state index contributed by atoms with van der Waals surface area (Å²) in [6.07, 6.45) is 7.03. The minimum Gasteiger partial charge on any atom is -0.485 e. The molecule has 2 aromatic carbocycles. The molecule has 4 aromatic rings. The Morgan fingerprint density at radius 2 is 2.06 bits per heavy atom. The summed E-state index contributed by atoms with van der Waals surface area (Å²) in [6.45, 7) is -0.728. The third-order valence-electron chi connectivity index (χ3n) is 5.70. The van der Waals surface area contributed by atoms with Crippen molar-refractivity contribution in [2.24, 2.45) is 0 Å². The quantitative estimate of drug-likeness (QED) is 0.453. The number of hydrogen-bond donors (Lipinski definition) is 0. The smallest absolute Gasteiger partial charge is 0.333 e. The number of fused-ring (bicyclic) bond motifs is 2. The lowest BCUT2D eigenvalue weighted by atomic mass is 9.88. The van der Waals surface area contributed by atoms with Crippen molar-refractivity contribution in [3.05, 3.63) is 71.2 Å². The second kappa shape index (κ2) is 7.51. The third kappa shape index (κ3) is 3.42. The average Bonchev–Trinajstić information content (AvgIpc) is 3.41. The molecule has 2 aromatic heterocycles. The van der Waals surface area contributed by atoms with E-state index in [9.17, 15) is 14.0 Å². The molecule has 156 valence electrons. The van der Waals surface area contributed by atoms with Gasteiger partial charge in [-0.3, -0.25) is 0 Å². The maximum absolute atomic E-state index is 12.9. The zero-order chi connectivity index (χ0) is 21.5. The Balaban J connectivity index is 1.51. The van der Waals surface area contributed by atoms with Gasteiger partial charge in [-0.2, -0.15) is 24.2 Å². The summed E-state index contributed by atoms with van der Waals surface area (Å²) in [5, 5.41) is 18.1. The predicted molar refractivity (Wildman–Crippen MR) is 110 cm³/mol. The summed E-state index contributed by atoms with van der Waals surface area (Å²) in [6, 6.07) is 11.8. The van der Waals surface area contributed by atoms with Crippen molar-refractivity contribution in [1.29, 1.82) is 5.26 Å². The van der Waals surface area contributed by atoms with Crippen LogP contribution in [0.3, 0.4) is 0 Å². The van der Waals surface area contributed by atoms with Crippen molar-refractivity contribution in [1.82, 2.24) is 19.6 Å². The van der Waals surface area contributed by atoms with Gasteiger partial charge in [-0.15, -0.1) is 0 Å². The molecule has 8 heteroatoms. The van der Waals surface area contributed by atoms with Gasteiger partial charge in [0.05, 0.1) is 35.7 Å². The molecule has 0 radical (unpaired) electrons. The maximum atomic E-state index is 12.9.